The Morgan fingerprint density at radius 2 is 1.74 bits per heavy atom. The van der Waals surface area contributed by atoms with Crippen LogP contribution >= 0.6 is 0 Å². The van der Waals surface area contributed by atoms with Gasteiger partial charge in [0, 0.05) is 6.20 Å². The summed E-state index contributed by atoms with van der Waals surface area (Å²) in [5.41, 5.74) is 0.259. The van der Waals surface area contributed by atoms with Crippen LogP contribution in [-0.2, 0) is 5.41 Å². The van der Waals surface area contributed by atoms with Crippen LogP contribution in [-0.4, -0.2) is 4.98 Å². The van der Waals surface area contributed by atoms with E-state index in [4.69, 9.17) is 4.74 Å². The Bertz CT molecular complexity index is 553. The van der Waals surface area contributed by atoms with Crippen LogP contribution in [0, 0.1) is 11.6 Å². The van der Waals surface area contributed by atoms with E-state index in [1.165, 1.54) is 18.3 Å². The summed E-state index contributed by atoms with van der Waals surface area (Å²) in [4.78, 5) is 3.83. The maximum Gasteiger partial charge on any atom is 0.198 e. The van der Waals surface area contributed by atoms with E-state index in [2.05, 4.69) is 4.98 Å². The average Bonchev–Trinajstić information content (AvgIpc) is 2.33. The first-order valence-electron chi connectivity index (χ1n) is 5.95. The van der Waals surface area contributed by atoms with Gasteiger partial charge in [0.25, 0.3) is 0 Å². The molecule has 0 atom stereocenters. The zero-order chi connectivity index (χ0) is 14.0. The highest BCUT2D eigenvalue weighted by atomic mass is 19.1. The third-order valence-corrected chi connectivity index (χ3v) is 2.72. The molecule has 2 aromatic rings. The third kappa shape index (κ3) is 3.08. The molecule has 4 heteroatoms. The molecule has 100 valence electrons. The molecule has 0 aliphatic heterocycles. The molecule has 1 aromatic carbocycles. The topological polar surface area (TPSA) is 22.1 Å². The van der Waals surface area contributed by atoms with Gasteiger partial charge in [0.2, 0.25) is 0 Å². The summed E-state index contributed by atoms with van der Waals surface area (Å²) in [7, 11) is 0. The van der Waals surface area contributed by atoms with E-state index >= 15 is 0 Å². The van der Waals surface area contributed by atoms with Gasteiger partial charge >= 0.3 is 0 Å². The quantitative estimate of drug-likeness (QED) is 0.798. The van der Waals surface area contributed by atoms with E-state index in [1.54, 1.807) is 18.3 Å². The predicted octanol–water partition coefficient (Wildman–Crippen LogP) is 4.45. The van der Waals surface area contributed by atoms with E-state index in [1.807, 2.05) is 20.8 Å². The molecular formula is C15H15F2NO. The molecule has 0 saturated carbocycles. The van der Waals surface area contributed by atoms with Gasteiger partial charge in [0.05, 0.1) is 6.20 Å². The summed E-state index contributed by atoms with van der Waals surface area (Å²) in [6.45, 7) is 5.68. The first kappa shape index (κ1) is 13.5. The van der Waals surface area contributed by atoms with Crippen LogP contribution in [0.1, 0.15) is 26.3 Å². The van der Waals surface area contributed by atoms with Gasteiger partial charge in [-0.1, -0.05) is 20.8 Å². The standard InChI is InChI=1S/C15H15F2NO/c1-15(2,3)10-7-12(16)14(13(17)8-10)19-11-5-4-6-18-9-11/h4-9H,1-3H3. The number of hydrogen-bond donors (Lipinski definition) is 0. The van der Waals surface area contributed by atoms with Crippen LogP contribution in [0.4, 0.5) is 8.78 Å². The summed E-state index contributed by atoms with van der Waals surface area (Å²) in [6.07, 6.45) is 2.96. The Morgan fingerprint density at radius 1 is 1.11 bits per heavy atom. The summed E-state index contributed by atoms with van der Waals surface area (Å²) < 4.78 is 33.1. The van der Waals surface area contributed by atoms with Crippen LogP contribution < -0.4 is 4.74 Å². The Hall–Kier alpha value is -1.97. The number of benzene rings is 1. The highest BCUT2D eigenvalue weighted by Crippen LogP contribution is 2.32. The molecule has 19 heavy (non-hydrogen) atoms. The van der Waals surface area contributed by atoms with Gasteiger partial charge < -0.3 is 4.74 Å². The maximum absolute atomic E-state index is 13.9. The minimum Gasteiger partial charge on any atom is -0.450 e. The van der Waals surface area contributed by atoms with Gasteiger partial charge in [-0.25, -0.2) is 8.78 Å². The number of ether oxygens (including phenoxy) is 1. The van der Waals surface area contributed by atoms with Crippen molar-refractivity contribution in [3.63, 3.8) is 0 Å². The van der Waals surface area contributed by atoms with Crippen molar-refractivity contribution in [2.24, 2.45) is 0 Å². The zero-order valence-corrected chi connectivity index (χ0v) is 11.1. The molecule has 0 aliphatic carbocycles. The minimum absolute atomic E-state index is 0.295. The molecule has 1 aromatic heterocycles. The lowest BCUT2D eigenvalue weighted by Gasteiger charge is -2.20. The molecule has 0 unspecified atom stereocenters. The molecule has 1 heterocycles. The van der Waals surface area contributed by atoms with Crippen LogP contribution in [0.15, 0.2) is 36.7 Å². The smallest absolute Gasteiger partial charge is 0.198 e. The summed E-state index contributed by atoms with van der Waals surface area (Å²) in [5, 5.41) is 0. The molecule has 0 bridgehead atoms. The zero-order valence-electron chi connectivity index (χ0n) is 11.1. The second-order valence-electron chi connectivity index (χ2n) is 5.31. The number of pyridine rings is 1. The molecule has 0 spiro atoms. The van der Waals surface area contributed by atoms with Crippen LogP contribution in [0.5, 0.6) is 11.5 Å². The Labute approximate surface area is 111 Å². The summed E-state index contributed by atoms with van der Waals surface area (Å²) >= 11 is 0. The van der Waals surface area contributed by atoms with Gasteiger partial charge in [-0.3, -0.25) is 4.98 Å². The molecule has 0 fully saturated rings. The second kappa shape index (κ2) is 4.96. The van der Waals surface area contributed by atoms with Gasteiger partial charge in [-0.05, 0) is 35.2 Å². The van der Waals surface area contributed by atoms with Crippen LogP contribution in [0.2, 0.25) is 0 Å². The Kier molecular flexibility index (Phi) is 3.51. The number of aromatic nitrogens is 1. The number of halogens is 2. The van der Waals surface area contributed by atoms with Crippen molar-refractivity contribution in [3.05, 3.63) is 53.9 Å². The van der Waals surface area contributed by atoms with Crippen molar-refractivity contribution in [3.8, 4) is 11.5 Å². The van der Waals surface area contributed by atoms with Crippen molar-refractivity contribution in [1.82, 2.24) is 4.98 Å². The van der Waals surface area contributed by atoms with Gasteiger partial charge in [0.1, 0.15) is 5.75 Å². The van der Waals surface area contributed by atoms with Gasteiger partial charge in [0.15, 0.2) is 17.4 Å². The molecule has 0 radical (unpaired) electrons. The lowest BCUT2D eigenvalue weighted by Crippen LogP contribution is -2.12. The molecule has 0 amide bonds. The van der Waals surface area contributed by atoms with E-state index in [0.29, 0.717) is 11.3 Å². The lowest BCUT2D eigenvalue weighted by atomic mass is 9.87. The molecule has 2 rings (SSSR count). The predicted molar refractivity (Wildman–Crippen MR) is 69.4 cm³/mol. The fraction of sp³-hybridized carbons (Fsp3) is 0.267. The van der Waals surface area contributed by atoms with Crippen molar-refractivity contribution >= 4 is 0 Å². The summed E-state index contributed by atoms with van der Waals surface area (Å²) in [6, 6.07) is 5.82. The van der Waals surface area contributed by atoms with Crippen LogP contribution in [0.25, 0.3) is 0 Å². The Balaban J connectivity index is 2.38. The molecule has 2 nitrogen and oxygen atoms in total. The number of nitrogens with zero attached hydrogens (tertiary/aromatic N) is 1. The first-order chi connectivity index (χ1) is 8.88. The Morgan fingerprint density at radius 3 is 2.21 bits per heavy atom. The van der Waals surface area contributed by atoms with Crippen molar-refractivity contribution < 1.29 is 13.5 Å². The van der Waals surface area contributed by atoms with E-state index < -0.39 is 17.4 Å². The van der Waals surface area contributed by atoms with E-state index in [9.17, 15) is 8.78 Å². The summed E-state index contributed by atoms with van der Waals surface area (Å²) in [5.74, 6) is -1.53. The van der Waals surface area contributed by atoms with E-state index in [-0.39, 0.29) is 5.41 Å². The molecule has 0 saturated heterocycles. The van der Waals surface area contributed by atoms with Crippen molar-refractivity contribution in [1.29, 1.82) is 0 Å². The normalized spacial score (nSPS) is 11.4. The van der Waals surface area contributed by atoms with Crippen LogP contribution in [0.3, 0.4) is 0 Å². The largest absolute Gasteiger partial charge is 0.450 e. The van der Waals surface area contributed by atoms with E-state index in [0.717, 1.165) is 0 Å². The number of rotatable bonds is 2. The fourth-order valence-corrected chi connectivity index (χ4v) is 1.62. The highest BCUT2D eigenvalue weighted by Gasteiger charge is 2.20. The van der Waals surface area contributed by atoms with Gasteiger partial charge in [-0.2, -0.15) is 0 Å². The monoisotopic (exact) mass is 263 g/mol. The average molecular weight is 263 g/mol. The maximum atomic E-state index is 13.9. The van der Waals surface area contributed by atoms with Crippen molar-refractivity contribution in [2.75, 3.05) is 0 Å². The lowest BCUT2D eigenvalue weighted by molar-refractivity contribution is 0.402. The first-order valence-corrected chi connectivity index (χ1v) is 5.95. The minimum atomic E-state index is -0.714. The van der Waals surface area contributed by atoms with Gasteiger partial charge in [-0.15, -0.1) is 0 Å². The van der Waals surface area contributed by atoms with Crippen molar-refractivity contribution in [2.45, 2.75) is 26.2 Å². The highest BCUT2D eigenvalue weighted by molar-refractivity contribution is 5.37. The molecule has 0 aliphatic rings. The fourth-order valence-electron chi connectivity index (χ4n) is 1.62. The number of hydrogen-bond acceptors (Lipinski definition) is 2. The SMILES string of the molecule is CC(C)(C)c1cc(F)c(Oc2cccnc2)c(F)c1. The second-order valence-corrected chi connectivity index (χ2v) is 5.31. The molecule has 0 N–H and O–H groups in total. The molecular weight excluding hydrogens is 248 g/mol. The third-order valence-electron chi connectivity index (χ3n) is 2.72.